The van der Waals surface area contributed by atoms with Crippen molar-refractivity contribution in [2.24, 2.45) is 0 Å². The van der Waals surface area contributed by atoms with Crippen LogP contribution in [0.3, 0.4) is 0 Å². The lowest BCUT2D eigenvalue weighted by molar-refractivity contribution is 0.0555. The topological polar surface area (TPSA) is 70.8 Å². The van der Waals surface area contributed by atoms with Gasteiger partial charge in [0.05, 0.1) is 32.3 Å². The van der Waals surface area contributed by atoms with Crippen LogP contribution in [-0.4, -0.2) is 37.9 Å². The minimum absolute atomic E-state index is 0.0917. The summed E-state index contributed by atoms with van der Waals surface area (Å²) < 4.78 is 20.6. The van der Waals surface area contributed by atoms with Crippen molar-refractivity contribution in [3.63, 3.8) is 0 Å². The van der Waals surface area contributed by atoms with Gasteiger partial charge in [-0.3, -0.25) is 0 Å². The lowest BCUT2D eigenvalue weighted by Crippen LogP contribution is -2.04. The van der Waals surface area contributed by atoms with Crippen molar-refractivity contribution in [3.8, 4) is 0 Å². The van der Waals surface area contributed by atoms with Crippen molar-refractivity contribution in [3.05, 3.63) is 17.3 Å². The molecule has 0 saturated carbocycles. The number of aromatic nitrogens is 1. The summed E-state index contributed by atoms with van der Waals surface area (Å²) in [5.74, 6) is 0.197. The average molecular weight is 255 g/mol. The summed E-state index contributed by atoms with van der Waals surface area (Å²) in [6.45, 7) is 2.78. The molecule has 0 radical (unpaired) electrons. The summed E-state index contributed by atoms with van der Waals surface area (Å²) in [5, 5.41) is 0. The summed E-state index contributed by atoms with van der Waals surface area (Å²) in [6.07, 6.45) is 1.03. The lowest BCUT2D eigenvalue weighted by Gasteiger charge is -2.00. The van der Waals surface area contributed by atoms with Gasteiger partial charge < -0.3 is 18.6 Å². The van der Waals surface area contributed by atoms with Crippen LogP contribution < -0.4 is 0 Å². The number of carbonyl (C=O) groups is 1. The smallest absolute Gasteiger partial charge is 0.376 e. The first-order valence-corrected chi connectivity index (χ1v) is 5.84. The molecule has 1 aliphatic heterocycles. The van der Waals surface area contributed by atoms with Gasteiger partial charge in [0, 0.05) is 7.11 Å². The Bertz CT molecular complexity index is 428. The fraction of sp³-hybridized carbons (Fsp3) is 0.667. The molecule has 1 aromatic heterocycles. The molecule has 0 bridgehead atoms. The van der Waals surface area contributed by atoms with Crippen molar-refractivity contribution in [2.75, 3.05) is 20.8 Å². The van der Waals surface area contributed by atoms with Gasteiger partial charge in [0.2, 0.25) is 11.7 Å². The largest absolute Gasteiger partial charge is 0.463 e. The van der Waals surface area contributed by atoms with E-state index in [1.807, 2.05) is 6.92 Å². The van der Waals surface area contributed by atoms with Gasteiger partial charge >= 0.3 is 5.97 Å². The molecule has 0 aromatic carbocycles. The van der Waals surface area contributed by atoms with Gasteiger partial charge in [-0.1, -0.05) is 0 Å². The summed E-state index contributed by atoms with van der Waals surface area (Å²) in [5.41, 5.74) is 0.471. The van der Waals surface area contributed by atoms with Crippen molar-refractivity contribution >= 4 is 5.97 Å². The van der Waals surface area contributed by atoms with Gasteiger partial charge in [0.1, 0.15) is 5.69 Å². The van der Waals surface area contributed by atoms with Crippen LogP contribution in [0.25, 0.3) is 0 Å². The zero-order valence-electron chi connectivity index (χ0n) is 10.8. The molecule has 2 heterocycles. The standard InChI is InChI=1S/C12H17NO5/c1-7-4-8(5-17-7)11-13-9(6-15-2)10(18-11)12(14)16-3/h7-8H,4-6H2,1-3H3. The molecule has 100 valence electrons. The summed E-state index contributed by atoms with van der Waals surface area (Å²) in [6, 6.07) is 0. The Morgan fingerprint density at radius 3 is 2.83 bits per heavy atom. The van der Waals surface area contributed by atoms with Crippen LogP contribution in [0.1, 0.15) is 41.4 Å². The Hall–Kier alpha value is -1.40. The Morgan fingerprint density at radius 2 is 2.28 bits per heavy atom. The minimum Gasteiger partial charge on any atom is -0.463 e. The van der Waals surface area contributed by atoms with Gasteiger partial charge in [-0.2, -0.15) is 0 Å². The predicted molar refractivity (Wildman–Crippen MR) is 61.3 cm³/mol. The second kappa shape index (κ2) is 5.49. The van der Waals surface area contributed by atoms with Gasteiger partial charge in [0.15, 0.2) is 0 Å². The number of methoxy groups -OCH3 is 2. The van der Waals surface area contributed by atoms with Crippen LogP contribution in [0.2, 0.25) is 0 Å². The number of hydrogen-bond acceptors (Lipinski definition) is 6. The van der Waals surface area contributed by atoms with Gasteiger partial charge in [-0.05, 0) is 13.3 Å². The zero-order valence-corrected chi connectivity index (χ0v) is 10.8. The molecular weight excluding hydrogens is 238 g/mol. The molecule has 1 fully saturated rings. The molecule has 18 heavy (non-hydrogen) atoms. The molecule has 1 saturated heterocycles. The van der Waals surface area contributed by atoms with E-state index in [1.165, 1.54) is 14.2 Å². The number of esters is 1. The van der Waals surface area contributed by atoms with Gasteiger partial charge in [-0.25, -0.2) is 9.78 Å². The highest BCUT2D eigenvalue weighted by molar-refractivity contribution is 5.87. The Labute approximate surface area is 105 Å². The molecule has 2 atom stereocenters. The predicted octanol–water partition coefficient (Wildman–Crippen LogP) is 1.50. The third kappa shape index (κ3) is 2.54. The number of nitrogens with zero attached hydrogens (tertiary/aromatic N) is 1. The molecule has 2 unspecified atom stereocenters. The number of ether oxygens (including phenoxy) is 3. The van der Waals surface area contributed by atoms with E-state index in [-0.39, 0.29) is 24.4 Å². The minimum atomic E-state index is -0.534. The molecule has 0 aliphatic carbocycles. The maximum absolute atomic E-state index is 11.6. The average Bonchev–Trinajstić information content (AvgIpc) is 2.95. The van der Waals surface area contributed by atoms with E-state index in [1.54, 1.807) is 0 Å². The zero-order chi connectivity index (χ0) is 13.1. The first kappa shape index (κ1) is 13.0. The quantitative estimate of drug-likeness (QED) is 0.759. The fourth-order valence-corrected chi connectivity index (χ4v) is 2.02. The highest BCUT2D eigenvalue weighted by Gasteiger charge is 2.30. The van der Waals surface area contributed by atoms with Crippen molar-refractivity contribution < 1.29 is 23.4 Å². The Kier molecular flexibility index (Phi) is 3.98. The van der Waals surface area contributed by atoms with Crippen molar-refractivity contribution in [2.45, 2.75) is 32.0 Å². The van der Waals surface area contributed by atoms with Crippen LogP contribution in [0.15, 0.2) is 4.42 Å². The molecule has 0 spiro atoms. The van der Waals surface area contributed by atoms with Crippen LogP contribution in [0, 0.1) is 0 Å². The molecule has 1 aromatic rings. The molecule has 0 amide bonds. The Morgan fingerprint density at radius 1 is 1.50 bits per heavy atom. The first-order chi connectivity index (χ1) is 8.65. The van der Waals surface area contributed by atoms with E-state index >= 15 is 0 Å². The third-order valence-electron chi connectivity index (χ3n) is 2.91. The maximum atomic E-state index is 11.6. The molecule has 0 N–H and O–H groups in total. The number of hydrogen-bond donors (Lipinski definition) is 0. The van der Waals surface area contributed by atoms with Crippen LogP contribution in [0.5, 0.6) is 0 Å². The van der Waals surface area contributed by atoms with Crippen molar-refractivity contribution in [1.82, 2.24) is 4.98 Å². The molecule has 6 heteroatoms. The second-order valence-corrected chi connectivity index (χ2v) is 4.33. The van der Waals surface area contributed by atoms with Crippen LogP contribution in [0.4, 0.5) is 0 Å². The van der Waals surface area contributed by atoms with E-state index in [2.05, 4.69) is 9.72 Å². The van der Waals surface area contributed by atoms with Crippen LogP contribution in [-0.2, 0) is 20.8 Å². The van der Waals surface area contributed by atoms with Gasteiger partial charge in [-0.15, -0.1) is 0 Å². The van der Waals surface area contributed by atoms with Crippen LogP contribution >= 0.6 is 0 Å². The van der Waals surface area contributed by atoms with Crippen molar-refractivity contribution in [1.29, 1.82) is 0 Å². The molecule has 1 aliphatic rings. The summed E-state index contributed by atoms with van der Waals surface area (Å²) >= 11 is 0. The maximum Gasteiger partial charge on any atom is 0.376 e. The fourth-order valence-electron chi connectivity index (χ4n) is 2.02. The highest BCUT2D eigenvalue weighted by atomic mass is 16.5. The third-order valence-corrected chi connectivity index (χ3v) is 2.91. The van der Waals surface area contributed by atoms with E-state index in [0.717, 1.165) is 6.42 Å². The molecule has 2 rings (SSSR count). The molecule has 6 nitrogen and oxygen atoms in total. The highest BCUT2D eigenvalue weighted by Crippen LogP contribution is 2.30. The first-order valence-electron chi connectivity index (χ1n) is 5.84. The number of oxazole rings is 1. The van der Waals surface area contributed by atoms with E-state index in [0.29, 0.717) is 18.2 Å². The normalized spacial score (nSPS) is 23.3. The number of rotatable bonds is 4. The monoisotopic (exact) mass is 255 g/mol. The lowest BCUT2D eigenvalue weighted by atomic mass is 10.1. The summed E-state index contributed by atoms with van der Waals surface area (Å²) in [7, 11) is 2.85. The number of carbonyl (C=O) groups excluding carboxylic acids is 1. The SMILES string of the molecule is COCc1nc(C2COC(C)C2)oc1C(=O)OC. The van der Waals surface area contributed by atoms with E-state index < -0.39 is 5.97 Å². The second-order valence-electron chi connectivity index (χ2n) is 4.33. The Balaban J connectivity index is 2.24. The molecular formula is C12H17NO5. The van der Waals surface area contributed by atoms with Gasteiger partial charge in [0.25, 0.3) is 0 Å². The van der Waals surface area contributed by atoms with E-state index in [4.69, 9.17) is 13.9 Å². The van der Waals surface area contributed by atoms with E-state index in [9.17, 15) is 4.79 Å². The summed E-state index contributed by atoms with van der Waals surface area (Å²) in [4.78, 5) is 15.9.